The monoisotopic (exact) mass is 206 g/mol. The molecule has 0 aromatic rings. The Morgan fingerprint density at radius 1 is 1.29 bits per heavy atom. The van der Waals surface area contributed by atoms with Crippen LogP contribution in [0.5, 0.6) is 0 Å². The third-order valence-electron chi connectivity index (χ3n) is 2.24. The van der Waals surface area contributed by atoms with Crippen LogP contribution >= 0.6 is 0 Å². The average molecular weight is 206 g/mol. The maximum atomic E-state index is 9.49. The third kappa shape index (κ3) is 2.90. The predicted molar refractivity (Wildman–Crippen MR) is 48.9 cm³/mol. The molecule has 1 unspecified atom stereocenters. The molecule has 84 valence electrons. The maximum absolute atomic E-state index is 9.49. The van der Waals surface area contributed by atoms with E-state index in [4.69, 9.17) is 14.6 Å². The Morgan fingerprint density at radius 3 is 2.64 bits per heavy atom. The molecule has 1 aliphatic heterocycles. The second kappa shape index (κ2) is 5.63. The topological polar surface area (TPSA) is 79.2 Å². The van der Waals surface area contributed by atoms with Crippen LogP contribution in [-0.4, -0.2) is 59.6 Å². The van der Waals surface area contributed by atoms with Crippen molar-refractivity contribution in [2.45, 2.75) is 37.8 Å². The van der Waals surface area contributed by atoms with Crippen molar-refractivity contribution in [3.8, 4) is 0 Å². The summed E-state index contributed by atoms with van der Waals surface area (Å²) in [7, 11) is 0. The summed E-state index contributed by atoms with van der Waals surface area (Å²) < 4.78 is 10.3. The molecule has 1 heterocycles. The largest absolute Gasteiger partial charge is 0.388 e. The number of rotatable bonds is 4. The van der Waals surface area contributed by atoms with E-state index in [0.29, 0.717) is 6.61 Å². The Labute approximate surface area is 83.3 Å². The van der Waals surface area contributed by atoms with Crippen LogP contribution < -0.4 is 0 Å². The molecule has 1 fully saturated rings. The highest BCUT2D eigenvalue weighted by Crippen LogP contribution is 2.15. The lowest BCUT2D eigenvalue weighted by Crippen LogP contribution is -2.54. The van der Waals surface area contributed by atoms with Crippen LogP contribution in [0.15, 0.2) is 0 Å². The van der Waals surface area contributed by atoms with Crippen LogP contribution in [0.3, 0.4) is 0 Å². The Balaban J connectivity index is 2.31. The van der Waals surface area contributed by atoms with Gasteiger partial charge in [0, 0.05) is 6.61 Å². The van der Waals surface area contributed by atoms with Crippen molar-refractivity contribution in [2.75, 3.05) is 19.8 Å². The number of hydrogen-bond donors (Lipinski definition) is 3. The van der Waals surface area contributed by atoms with Crippen LogP contribution in [-0.2, 0) is 9.47 Å². The first-order chi connectivity index (χ1) is 6.66. The van der Waals surface area contributed by atoms with Gasteiger partial charge in [-0.1, -0.05) is 6.92 Å². The quantitative estimate of drug-likeness (QED) is 0.509. The van der Waals surface area contributed by atoms with Crippen LogP contribution in [0.25, 0.3) is 0 Å². The molecular weight excluding hydrogens is 188 g/mol. The van der Waals surface area contributed by atoms with Gasteiger partial charge in [0.15, 0.2) is 0 Å². The standard InChI is InChI=1S/C9H18O5/c1-2-3-13-5-7-9(12)8(11)6(10)4-14-7/h6-12H,2-5H2,1H3/t6-,7+,8?,9-/m1/s1. The number of hydrogen-bond acceptors (Lipinski definition) is 5. The van der Waals surface area contributed by atoms with Gasteiger partial charge in [-0.05, 0) is 6.42 Å². The molecule has 0 bridgehead atoms. The van der Waals surface area contributed by atoms with Gasteiger partial charge in [-0.15, -0.1) is 0 Å². The molecule has 0 aliphatic carbocycles. The van der Waals surface area contributed by atoms with Crippen molar-refractivity contribution in [1.29, 1.82) is 0 Å². The molecule has 0 aromatic heterocycles. The number of ether oxygens (including phenoxy) is 2. The molecule has 1 rings (SSSR count). The van der Waals surface area contributed by atoms with E-state index < -0.39 is 24.4 Å². The van der Waals surface area contributed by atoms with Crippen molar-refractivity contribution in [3.63, 3.8) is 0 Å². The first-order valence-corrected chi connectivity index (χ1v) is 4.90. The summed E-state index contributed by atoms with van der Waals surface area (Å²) in [6.45, 7) is 2.87. The van der Waals surface area contributed by atoms with E-state index in [0.717, 1.165) is 6.42 Å². The fourth-order valence-corrected chi connectivity index (χ4v) is 1.36. The lowest BCUT2D eigenvalue weighted by Gasteiger charge is -2.34. The molecule has 5 nitrogen and oxygen atoms in total. The van der Waals surface area contributed by atoms with Gasteiger partial charge in [-0.3, -0.25) is 0 Å². The predicted octanol–water partition coefficient (Wildman–Crippen LogP) is -1.11. The fourth-order valence-electron chi connectivity index (χ4n) is 1.36. The van der Waals surface area contributed by atoms with Gasteiger partial charge in [0.2, 0.25) is 0 Å². The minimum Gasteiger partial charge on any atom is -0.388 e. The summed E-state index contributed by atoms with van der Waals surface area (Å²) in [6, 6.07) is 0. The van der Waals surface area contributed by atoms with Gasteiger partial charge < -0.3 is 24.8 Å². The zero-order chi connectivity index (χ0) is 10.6. The van der Waals surface area contributed by atoms with Gasteiger partial charge in [-0.25, -0.2) is 0 Å². The van der Waals surface area contributed by atoms with Gasteiger partial charge >= 0.3 is 0 Å². The third-order valence-corrected chi connectivity index (χ3v) is 2.24. The first-order valence-electron chi connectivity index (χ1n) is 4.90. The van der Waals surface area contributed by atoms with E-state index in [1.54, 1.807) is 0 Å². The van der Waals surface area contributed by atoms with Crippen LogP contribution in [0.4, 0.5) is 0 Å². The van der Waals surface area contributed by atoms with E-state index in [-0.39, 0.29) is 13.2 Å². The molecule has 0 spiro atoms. The maximum Gasteiger partial charge on any atom is 0.111 e. The first kappa shape index (κ1) is 11.9. The fraction of sp³-hybridized carbons (Fsp3) is 1.00. The Morgan fingerprint density at radius 2 is 2.00 bits per heavy atom. The Bertz CT molecular complexity index is 163. The van der Waals surface area contributed by atoms with E-state index in [1.165, 1.54) is 0 Å². The molecule has 3 N–H and O–H groups in total. The summed E-state index contributed by atoms with van der Waals surface area (Å²) in [4.78, 5) is 0. The normalized spacial score (nSPS) is 38.6. The van der Waals surface area contributed by atoms with Gasteiger partial charge in [0.05, 0.1) is 13.2 Å². The average Bonchev–Trinajstić information content (AvgIpc) is 2.18. The van der Waals surface area contributed by atoms with Crippen molar-refractivity contribution in [1.82, 2.24) is 0 Å². The highest BCUT2D eigenvalue weighted by Gasteiger charge is 2.37. The highest BCUT2D eigenvalue weighted by molar-refractivity contribution is 4.86. The van der Waals surface area contributed by atoms with E-state index in [2.05, 4.69) is 0 Å². The Hall–Kier alpha value is -0.200. The van der Waals surface area contributed by atoms with Crippen LogP contribution in [0.1, 0.15) is 13.3 Å². The zero-order valence-electron chi connectivity index (χ0n) is 8.30. The molecule has 14 heavy (non-hydrogen) atoms. The summed E-state index contributed by atoms with van der Waals surface area (Å²) in [5, 5.41) is 28.0. The molecule has 0 radical (unpaired) electrons. The lowest BCUT2D eigenvalue weighted by atomic mass is 10.0. The summed E-state index contributed by atoms with van der Waals surface area (Å²) in [5.41, 5.74) is 0. The molecule has 0 amide bonds. The molecule has 1 aliphatic rings. The smallest absolute Gasteiger partial charge is 0.111 e. The van der Waals surface area contributed by atoms with Crippen LogP contribution in [0.2, 0.25) is 0 Å². The molecular formula is C9H18O5. The molecule has 4 atom stereocenters. The SMILES string of the molecule is CCCOC[C@@H]1OC[C@@H](O)C(O)[C@@H]1O. The van der Waals surface area contributed by atoms with E-state index >= 15 is 0 Å². The number of aliphatic hydroxyl groups is 3. The van der Waals surface area contributed by atoms with Crippen molar-refractivity contribution in [2.24, 2.45) is 0 Å². The Kier molecular flexibility index (Phi) is 4.77. The molecule has 5 heteroatoms. The summed E-state index contributed by atoms with van der Waals surface area (Å²) >= 11 is 0. The molecule has 1 saturated heterocycles. The highest BCUT2D eigenvalue weighted by atomic mass is 16.6. The number of aliphatic hydroxyl groups excluding tert-OH is 3. The van der Waals surface area contributed by atoms with Crippen LogP contribution in [0, 0.1) is 0 Å². The molecule has 0 aromatic carbocycles. The minimum absolute atomic E-state index is 0.0401. The van der Waals surface area contributed by atoms with E-state index in [9.17, 15) is 10.2 Å². The van der Waals surface area contributed by atoms with Crippen molar-refractivity contribution >= 4 is 0 Å². The molecule has 0 saturated carbocycles. The van der Waals surface area contributed by atoms with Crippen molar-refractivity contribution < 1.29 is 24.8 Å². The second-order valence-electron chi connectivity index (χ2n) is 3.50. The lowest BCUT2D eigenvalue weighted by molar-refractivity contribution is -0.199. The van der Waals surface area contributed by atoms with Gasteiger partial charge in [0.25, 0.3) is 0 Å². The van der Waals surface area contributed by atoms with Crippen molar-refractivity contribution in [3.05, 3.63) is 0 Å². The van der Waals surface area contributed by atoms with Gasteiger partial charge in [0.1, 0.15) is 24.4 Å². The minimum atomic E-state index is -1.14. The zero-order valence-corrected chi connectivity index (χ0v) is 8.30. The van der Waals surface area contributed by atoms with E-state index in [1.807, 2.05) is 6.92 Å². The van der Waals surface area contributed by atoms with Gasteiger partial charge in [-0.2, -0.15) is 0 Å². The second-order valence-corrected chi connectivity index (χ2v) is 3.50. The summed E-state index contributed by atoms with van der Waals surface area (Å²) in [6.07, 6.45) is -2.87. The summed E-state index contributed by atoms with van der Waals surface area (Å²) in [5.74, 6) is 0.